The molecule has 0 aliphatic carbocycles. The monoisotopic (exact) mass is 334 g/mol. The first-order valence-electron chi connectivity index (χ1n) is 7.36. The average molecular weight is 334 g/mol. The number of hydrogen-bond donors (Lipinski definition) is 0. The van der Waals surface area contributed by atoms with Crippen molar-refractivity contribution in [1.82, 2.24) is 0 Å². The van der Waals surface area contributed by atoms with Crippen molar-refractivity contribution in [2.24, 2.45) is 0 Å². The molecule has 0 radical (unpaired) electrons. The molecule has 1 heterocycles. The molecule has 0 N–H and O–H groups in total. The van der Waals surface area contributed by atoms with Gasteiger partial charge in [-0.05, 0) is 19.1 Å². The third-order valence-corrected chi connectivity index (χ3v) is 4.83. The zero-order chi connectivity index (χ0) is 16.3. The van der Waals surface area contributed by atoms with Crippen molar-refractivity contribution >= 4 is 10.1 Å². The van der Waals surface area contributed by atoms with Crippen LogP contribution in [0.3, 0.4) is 0 Å². The molecule has 0 aromatic heterocycles. The third-order valence-electron chi connectivity index (χ3n) is 3.51. The van der Waals surface area contributed by atoms with Crippen LogP contribution in [0.5, 0.6) is 0 Å². The molecule has 2 aromatic carbocycles. The Balaban J connectivity index is 1.71. The van der Waals surface area contributed by atoms with Crippen molar-refractivity contribution in [3.05, 3.63) is 65.7 Å². The van der Waals surface area contributed by atoms with Crippen LogP contribution in [-0.4, -0.2) is 21.3 Å². The van der Waals surface area contributed by atoms with E-state index in [0.717, 1.165) is 11.1 Å². The minimum Gasteiger partial charge on any atom is -0.348 e. The highest BCUT2D eigenvalue weighted by atomic mass is 32.2. The highest BCUT2D eigenvalue weighted by Crippen LogP contribution is 2.28. The molecule has 3 rings (SSSR count). The largest absolute Gasteiger partial charge is 0.348 e. The van der Waals surface area contributed by atoms with Crippen molar-refractivity contribution in [1.29, 1.82) is 0 Å². The fourth-order valence-electron chi connectivity index (χ4n) is 2.27. The van der Waals surface area contributed by atoms with Gasteiger partial charge >= 0.3 is 0 Å². The van der Waals surface area contributed by atoms with E-state index >= 15 is 0 Å². The molecule has 5 nitrogen and oxygen atoms in total. The lowest BCUT2D eigenvalue weighted by atomic mass is 10.2. The van der Waals surface area contributed by atoms with E-state index in [2.05, 4.69) is 0 Å². The van der Waals surface area contributed by atoms with Gasteiger partial charge in [0, 0.05) is 12.0 Å². The minimum absolute atomic E-state index is 0.120. The highest BCUT2D eigenvalue weighted by Gasteiger charge is 2.29. The lowest BCUT2D eigenvalue weighted by molar-refractivity contribution is -0.264. The molecule has 0 amide bonds. The molecule has 0 spiro atoms. The molecule has 1 aliphatic heterocycles. The molecule has 2 aromatic rings. The van der Waals surface area contributed by atoms with E-state index in [4.69, 9.17) is 13.7 Å². The molecular formula is C17H18O5S. The van der Waals surface area contributed by atoms with Crippen LogP contribution in [0.15, 0.2) is 59.5 Å². The molecule has 6 heteroatoms. The summed E-state index contributed by atoms with van der Waals surface area (Å²) in [6, 6.07) is 15.9. The van der Waals surface area contributed by atoms with Gasteiger partial charge in [0.05, 0.1) is 11.5 Å². The van der Waals surface area contributed by atoms with Gasteiger partial charge in [-0.3, -0.25) is 0 Å². The van der Waals surface area contributed by atoms with E-state index in [1.165, 1.54) is 12.1 Å². The Morgan fingerprint density at radius 3 is 2.43 bits per heavy atom. The summed E-state index contributed by atoms with van der Waals surface area (Å²) in [4.78, 5) is 0.120. The second-order valence-electron chi connectivity index (χ2n) is 5.33. The number of benzene rings is 2. The summed E-state index contributed by atoms with van der Waals surface area (Å²) >= 11 is 0. The summed E-state index contributed by atoms with van der Waals surface area (Å²) < 4.78 is 41.0. The van der Waals surface area contributed by atoms with Crippen molar-refractivity contribution in [2.45, 2.75) is 30.8 Å². The first kappa shape index (κ1) is 16.1. The topological polar surface area (TPSA) is 61.8 Å². The van der Waals surface area contributed by atoms with Crippen LogP contribution in [0.1, 0.15) is 23.8 Å². The number of hydrogen-bond acceptors (Lipinski definition) is 5. The van der Waals surface area contributed by atoms with Gasteiger partial charge in [0.1, 0.15) is 0 Å². The van der Waals surface area contributed by atoms with Crippen LogP contribution in [0.4, 0.5) is 0 Å². The molecular weight excluding hydrogens is 316 g/mol. The minimum atomic E-state index is -3.86. The summed E-state index contributed by atoms with van der Waals surface area (Å²) in [5.74, 6) is 0. The van der Waals surface area contributed by atoms with Gasteiger partial charge in [-0.25, -0.2) is 4.18 Å². The van der Waals surface area contributed by atoms with Crippen LogP contribution in [0.25, 0.3) is 0 Å². The smallest absolute Gasteiger partial charge is 0.299 e. The standard InChI is InChI=1S/C17H18O5S/c1-13-7-9-15(10-8-13)23(18,19)22-16-11-12-20-17(21-16)14-5-3-2-4-6-14/h2-10,16-17H,11-12H2,1H3. The van der Waals surface area contributed by atoms with Gasteiger partial charge in [0.25, 0.3) is 10.1 Å². The van der Waals surface area contributed by atoms with Gasteiger partial charge in [-0.2, -0.15) is 8.42 Å². The summed E-state index contributed by atoms with van der Waals surface area (Å²) in [5.41, 5.74) is 1.81. The average Bonchev–Trinajstić information content (AvgIpc) is 2.56. The quantitative estimate of drug-likeness (QED) is 0.804. The Hall–Kier alpha value is -1.73. The van der Waals surface area contributed by atoms with E-state index in [9.17, 15) is 8.42 Å². The van der Waals surface area contributed by atoms with Crippen LogP contribution < -0.4 is 0 Å². The molecule has 1 fully saturated rings. The van der Waals surface area contributed by atoms with Crippen molar-refractivity contribution < 1.29 is 22.1 Å². The van der Waals surface area contributed by atoms with E-state index in [-0.39, 0.29) is 4.90 Å². The molecule has 23 heavy (non-hydrogen) atoms. The lowest BCUT2D eigenvalue weighted by Gasteiger charge is -2.29. The van der Waals surface area contributed by atoms with Gasteiger partial charge in [-0.15, -0.1) is 0 Å². The second-order valence-corrected chi connectivity index (χ2v) is 6.90. The zero-order valence-corrected chi connectivity index (χ0v) is 13.5. The van der Waals surface area contributed by atoms with E-state index in [1.54, 1.807) is 12.1 Å². The molecule has 1 aliphatic rings. The second kappa shape index (κ2) is 6.80. The summed E-state index contributed by atoms with van der Waals surface area (Å²) in [6.45, 7) is 2.26. The maximum absolute atomic E-state index is 12.3. The number of ether oxygens (including phenoxy) is 2. The van der Waals surface area contributed by atoms with Crippen LogP contribution >= 0.6 is 0 Å². The number of aryl methyl sites for hydroxylation is 1. The van der Waals surface area contributed by atoms with Crippen molar-refractivity contribution in [3.63, 3.8) is 0 Å². The Morgan fingerprint density at radius 1 is 1.04 bits per heavy atom. The predicted molar refractivity (Wildman–Crippen MR) is 84.1 cm³/mol. The molecule has 0 saturated carbocycles. The van der Waals surface area contributed by atoms with Gasteiger partial charge in [-0.1, -0.05) is 48.0 Å². The summed E-state index contributed by atoms with van der Waals surface area (Å²) in [5, 5.41) is 0. The first-order valence-corrected chi connectivity index (χ1v) is 8.77. The normalized spacial score (nSPS) is 22.0. The fraction of sp³-hybridized carbons (Fsp3) is 0.294. The SMILES string of the molecule is Cc1ccc(S(=O)(=O)OC2CCOC(c3ccccc3)O2)cc1. The maximum atomic E-state index is 12.3. The predicted octanol–water partition coefficient (Wildman–Crippen LogP) is 3.16. The van der Waals surface area contributed by atoms with E-state index in [1.807, 2.05) is 37.3 Å². The third kappa shape index (κ3) is 3.97. The summed E-state index contributed by atoms with van der Waals surface area (Å²) in [6.07, 6.45) is -1.13. The van der Waals surface area contributed by atoms with Crippen LogP contribution in [0, 0.1) is 6.92 Å². The Bertz CT molecular complexity index is 740. The first-order chi connectivity index (χ1) is 11.0. The van der Waals surface area contributed by atoms with Crippen LogP contribution in [0.2, 0.25) is 0 Å². The highest BCUT2D eigenvalue weighted by molar-refractivity contribution is 7.86. The molecule has 122 valence electrons. The fourth-order valence-corrected chi connectivity index (χ4v) is 3.28. The molecule has 2 unspecified atom stereocenters. The Kier molecular flexibility index (Phi) is 4.77. The Labute approximate surface area is 135 Å². The summed E-state index contributed by atoms with van der Waals surface area (Å²) in [7, 11) is -3.86. The lowest BCUT2D eigenvalue weighted by Crippen LogP contribution is -2.31. The molecule has 0 bridgehead atoms. The Morgan fingerprint density at radius 2 is 1.74 bits per heavy atom. The molecule has 2 atom stereocenters. The van der Waals surface area contributed by atoms with Gasteiger partial charge in [0.15, 0.2) is 12.6 Å². The van der Waals surface area contributed by atoms with Gasteiger partial charge < -0.3 is 9.47 Å². The maximum Gasteiger partial charge on any atom is 0.299 e. The van der Waals surface area contributed by atoms with E-state index < -0.39 is 22.7 Å². The van der Waals surface area contributed by atoms with Crippen molar-refractivity contribution in [3.8, 4) is 0 Å². The van der Waals surface area contributed by atoms with Crippen molar-refractivity contribution in [2.75, 3.05) is 6.61 Å². The van der Waals surface area contributed by atoms with E-state index in [0.29, 0.717) is 13.0 Å². The number of rotatable bonds is 4. The molecule has 1 saturated heterocycles. The zero-order valence-electron chi connectivity index (χ0n) is 12.7. The van der Waals surface area contributed by atoms with Crippen LogP contribution in [-0.2, 0) is 23.8 Å². The van der Waals surface area contributed by atoms with Gasteiger partial charge in [0.2, 0.25) is 0 Å².